The molecule has 20 heavy (non-hydrogen) atoms. The maximum Gasteiger partial charge on any atom is 0.328 e. The van der Waals surface area contributed by atoms with E-state index in [4.69, 9.17) is 0 Å². The minimum atomic E-state index is -0.384. The normalized spacial score (nSPS) is 11.2. The van der Waals surface area contributed by atoms with Crippen LogP contribution >= 0.6 is 11.8 Å². The summed E-state index contributed by atoms with van der Waals surface area (Å²) in [5, 5.41) is 11.2. The number of nitrogens with zero attached hydrogens (tertiary/aromatic N) is 3. The topological polar surface area (TPSA) is 70.1 Å². The number of aromatic nitrogens is 2. The lowest BCUT2D eigenvalue weighted by Crippen LogP contribution is -2.19. The van der Waals surface area contributed by atoms with Gasteiger partial charge in [0.05, 0.1) is 20.9 Å². The number of aryl methyl sites for hydroxylation is 2. The molecule has 0 radical (unpaired) electrons. The minimum Gasteiger partial charge on any atom is -0.295 e. The zero-order valence-electron chi connectivity index (χ0n) is 11.8. The van der Waals surface area contributed by atoms with Crippen molar-refractivity contribution in [3.63, 3.8) is 0 Å². The van der Waals surface area contributed by atoms with Gasteiger partial charge in [0, 0.05) is 20.2 Å². The molecular weight excluding hydrogens is 278 g/mol. The molecule has 6 nitrogen and oxygen atoms in total. The molecule has 0 bridgehead atoms. The van der Waals surface area contributed by atoms with Crippen molar-refractivity contribution in [2.45, 2.75) is 24.7 Å². The van der Waals surface area contributed by atoms with Crippen molar-refractivity contribution in [3.8, 4) is 0 Å². The van der Waals surface area contributed by atoms with Crippen molar-refractivity contribution in [1.82, 2.24) is 9.13 Å². The van der Waals surface area contributed by atoms with Gasteiger partial charge in [-0.2, -0.15) is 0 Å². The second kappa shape index (κ2) is 5.70. The molecule has 2 aromatic rings. The van der Waals surface area contributed by atoms with Crippen LogP contribution in [0.25, 0.3) is 11.0 Å². The number of imidazole rings is 1. The first-order valence-corrected chi connectivity index (χ1v) is 7.42. The lowest BCUT2D eigenvalue weighted by atomic mass is 10.2. The first kappa shape index (κ1) is 14.6. The molecule has 1 heterocycles. The summed E-state index contributed by atoms with van der Waals surface area (Å²) in [6.07, 6.45) is 2.06. The Hall–Kier alpha value is -1.76. The second-order valence-corrected chi connectivity index (χ2v) is 5.81. The number of benzene rings is 1. The van der Waals surface area contributed by atoms with E-state index in [-0.39, 0.29) is 16.3 Å². The number of hydrogen-bond acceptors (Lipinski definition) is 4. The number of rotatable bonds is 5. The predicted molar refractivity (Wildman–Crippen MR) is 80.4 cm³/mol. The quantitative estimate of drug-likeness (QED) is 0.368. The highest BCUT2D eigenvalue weighted by atomic mass is 32.2. The Labute approximate surface area is 120 Å². The van der Waals surface area contributed by atoms with Gasteiger partial charge in [0.1, 0.15) is 0 Å². The molecule has 1 aromatic carbocycles. The molecule has 2 rings (SSSR count). The summed E-state index contributed by atoms with van der Waals surface area (Å²) in [4.78, 5) is 23.3. The van der Waals surface area contributed by atoms with E-state index in [2.05, 4.69) is 6.92 Å². The van der Waals surface area contributed by atoms with E-state index in [1.165, 1.54) is 27.0 Å². The van der Waals surface area contributed by atoms with Gasteiger partial charge < -0.3 is 0 Å². The third-order valence-electron chi connectivity index (χ3n) is 3.30. The SMILES string of the molecule is CCCCSc1cc2c(cc1[N+](=O)[O-])n(C)c(=O)n2C. The summed E-state index contributed by atoms with van der Waals surface area (Å²) in [6.45, 7) is 2.08. The molecule has 0 fully saturated rings. The molecule has 7 heteroatoms. The van der Waals surface area contributed by atoms with Crippen LogP contribution in [0.1, 0.15) is 19.8 Å². The first-order valence-electron chi connectivity index (χ1n) is 6.44. The maximum absolute atomic E-state index is 11.9. The van der Waals surface area contributed by atoms with Crippen LogP contribution in [0.5, 0.6) is 0 Å². The van der Waals surface area contributed by atoms with E-state index in [1.54, 1.807) is 20.2 Å². The number of fused-ring (bicyclic) bond motifs is 1. The van der Waals surface area contributed by atoms with Crippen LogP contribution in [0.4, 0.5) is 5.69 Å². The largest absolute Gasteiger partial charge is 0.328 e. The third-order valence-corrected chi connectivity index (χ3v) is 4.44. The second-order valence-electron chi connectivity index (χ2n) is 4.67. The van der Waals surface area contributed by atoms with Crippen LogP contribution in [0, 0.1) is 10.1 Å². The fourth-order valence-electron chi connectivity index (χ4n) is 2.10. The smallest absolute Gasteiger partial charge is 0.295 e. The number of nitro benzene ring substituents is 1. The lowest BCUT2D eigenvalue weighted by molar-refractivity contribution is -0.387. The molecule has 0 atom stereocenters. The van der Waals surface area contributed by atoms with Crippen LogP contribution < -0.4 is 5.69 Å². The molecule has 0 unspecified atom stereocenters. The monoisotopic (exact) mass is 295 g/mol. The summed E-state index contributed by atoms with van der Waals surface area (Å²) in [5.74, 6) is 0.837. The summed E-state index contributed by atoms with van der Waals surface area (Å²) in [7, 11) is 3.30. The Morgan fingerprint density at radius 1 is 1.25 bits per heavy atom. The van der Waals surface area contributed by atoms with Gasteiger partial charge in [0.25, 0.3) is 5.69 Å². The summed E-state index contributed by atoms with van der Waals surface area (Å²) >= 11 is 1.47. The Balaban J connectivity index is 2.60. The van der Waals surface area contributed by atoms with Crippen molar-refractivity contribution in [2.24, 2.45) is 14.1 Å². The van der Waals surface area contributed by atoms with E-state index < -0.39 is 0 Å². The number of hydrogen-bond donors (Lipinski definition) is 0. The van der Waals surface area contributed by atoms with Crippen LogP contribution in [0.2, 0.25) is 0 Å². The fraction of sp³-hybridized carbons (Fsp3) is 0.462. The Morgan fingerprint density at radius 3 is 2.40 bits per heavy atom. The average Bonchev–Trinajstić information content (AvgIpc) is 2.63. The zero-order valence-corrected chi connectivity index (χ0v) is 12.6. The maximum atomic E-state index is 11.9. The highest BCUT2D eigenvalue weighted by Crippen LogP contribution is 2.33. The highest BCUT2D eigenvalue weighted by Gasteiger charge is 2.19. The minimum absolute atomic E-state index is 0.0693. The van der Waals surface area contributed by atoms with Gasteiger partial charge >= 0.3 is 5.69 Å². The number of thioether (sulfide) groups is 1. The summed E-state index contributed by atoms with van der Waals surface area (Å²) in [6, 6.07) is 3.24. The highest BCUT2D eigenvalue weighted by molar-refractivity contribution is 7.99. The van der Waals surface area contributed by atoms with Gasteiger partial charge in [-0.05, 0) is 18.2 Å². The lowest BCUT2D eigenvalue weighted by Gasteiger charge is -2.04. The molecule has 0 saturated heterocycles. The Bertz CT molecular complexity index is 718. The van der Waals surface area contributed by atoms with E-state index in [0.29, 0.717) is 10.4 Å². The van der Waals surface area contributed by atoms with Crippen molar-refractivity contribution in [1.29, 1.82) is 0 Å². The van der Waals surface area contributed by atoms with Gasteiger partial charge in [0.15, 0.2) is 0 Å². The molecular formula is C13H17N3O3S. The molecule has 1 aromatic heterocycles. The molecule has 0 aliphatic carbocycles. The number of unbranched alkanes of at least 4 members (excludes halogenated alkanes) is 1. The van der Waals surface area contributed by atoms with E-state index in [9.17, 15) is 14.9 Å². The van der Waals surface area contributed by atoms with Gasteiger partial charge in [-0.15, -0.1) is 11.8 Å². The van der Waals surface area contributed by atoms with Gasteiger partial charge in [-0.25, -0.2) is 4.79 Å². The van der Waals surface area contributed by atoms with Crippen molar-refractivity contribution in [2.75, 3.05) is 5.75 Å². The molecule has 0 aliphatic rings. The van der Waals surface area contributed by atoms with Crippen LogP contribution in [0.3, 0.4) is 0 Å². The third kappa shape index (κ3) is 2.45. The van der Waals surface area contributed by atoms with Crippen LogP contribution in [0.15, 0.2) is 21.8 Å². The van der Waals surface area contributed by atoms with Crippen LogP contribution in [-0.4, -0.2) is 19.8 Å². The number of nitro groups is 1. The first-order chi connectivity index (χ1) is 9.47. The van der Waals surface area contributed by atoms with E-state index >= 15 is 0 Å². The van der Waals surface area contributed by atoms with Crippen molar-refractivity contribution >= 4 is 28.5 Å². The van der Waals surface area contributed by atoms with Gasteiger partial charge in [-0.3, -0.25) is 19.2 Å². The molecule has 0 aliphatic heterocycles. The molecule has 0 spiro atoms. The summed E-state index contributed by atoms with van der Waals surface area (Å²) in [5.41, 5.74) is 1.20. The summed E-state index contributed by atoms with van der Waals surface area (Å²) < 4.78 is 2.95. The Kier molecular flexibility index (Phi) is 4.17. The molecule has 108 valence electrons. The van der Waals surface area contributed by atoms with E-state index in [0.717, 1.165) is 24.1 Å². The van der Waals surface area contributed by atoms with Crippen molar-refractivity contribution < 1.29 is 4.92 Å². The Morgan fingerprint density at radius 2 is 1.85 bits per heavy atom. The molecule has 0 N–H and O–H groups in total. The fourth-order valence-corrected chi connectivity index (χ4v) is 3.23. The molecule has 0 amide bonds. The average molecular weight is 295 g/mol. The van der Waals surface area contributed by atoms with Gasteiger partial charge in [0.2, 0.25) is 0 Å². The van der Waals surface area contributed by atoms with Crippen LogP contribution in [-0.2, 0) is 14.1 Å². The van der Waals surface area contributed by atoms with Crippen molar-refractivity contribution in [3.05, 3.63) is 32.7 Å². The zero-order chi connectivity index (χ0) is 14.9. The standard InChI is InChI=1S/C13H17N3O3S/c1-4-5-6-20-12-8-10-9(7-11(12)16(18)19)14(2)13(17)15(10)3/h7-8H,4-6H2,1-3H3. The predicted octanol–water partition coefficient (Wildman–Crippen LogP) is 2.68. The van der Waals surface area contributed by atoms with E-state index in [1.807, 2.05) is 0 Å². The van der Waals surface area contributed by atoms with Gasteiger partial charge in [-0.1, -0.05) is 13.3 Å². The molecule has 0 saturated carbocycles.